The second-order valence-corrected chi connectivity index (χ2v) is 3.39. The number of fused-ring (bicyclic) bond motifs is 1. The fraction of sp³-hybridized carbons (Fsp3) is 0.100. The summed E-state index contributed by atoms with van der Waals surface area (Å²) in [5.74, 6) is -0.657. The average molecular weight is 234 g/mol. The maximum absolute atomic E-state index is 11.5. The van der Waals surface area contributed by atoms with E-state index in [1.165, 1.54) is 12.1 Å². The molecule has 0 fully saturated rings. The average Bonchev–Trinajstić information content (AvgIpc) is 2.27. The van der Waals surface area contributed by atoms with Crippen LogP contribution in [-0.4, -0.2) is 24.4 Å². The lowest BCUT2D eigenvalue weighted by Gasteiger charge is -2.17. The van der Waals surface area contributed by atoms with E-state index in [9.17, 15) is 9.59 Å². The van der Waals surface area contributed by atoms with E-state index in [1.54, 1.807) is 6.07 Å². The Labute approximate surface area is 96.4 Å². The third-order valence-corrected chi connectivity index (χ3v) is 2.09. The maximum Gasteiger partial charge on any atom is 0.280 e. The summed E-state index contributed by atoms with van der Waals surface area (Å²) < 4.78 is 5.14. The van der Waals surface area contributed by atoms with Gasteiger partial charge in [-0.25, -0.2) is 0 Å². The second-order valence-electron chi connectivity index (χ2n) is 3.39. The van der Waals surface area contributed by atoms with Crippen LogP contribution in [0.1, 0.15) is 10.4 Å². The number of hydrogen-bond donors (Lipinski definition) is 3. The minimum absolute atomic E-state index is 0.0335. The Morgan fingerprint density at radius 3 is 2.88 bits per heavy atom. The van der Waals surface area contributed by atoms with Crippen LogP contribution in [0, 0.1) is 0 Å². The lowest BCUT2D eigenvalue weighted by atomic mass is 10.1. The number of nitrogens with one attached hydrogen (secondary N) is 1. The van der Waals surface area contributed by atoms with E-state index < -0.39 is 5.91 Å². The van der Waals surface area contributed by atoms with Gasteiger partial charge in [0.25, 0.3) is 11.8 Å². The Morgan fingerprint density at radius 1 is 1.41 bits per heavy atom. The summed E-state index contributed by atoms with van der Waals surface area (Å²) in [5, 5.41) is 2.58. The Morgan fingerprint density at radius 2 is 2.18 bits per heavy atom. The quantitative estimate of drug-likeness (QED) is 0.444. The minimum atomic E-state index is -0.576. The van der Waals surface area contributed by atoms with Gasteiger partial charge in [-0.05, 0) is 18.2 Å². The third kappa shape index (κ3) is 2.33. The van der Waals surface area contributed by atoms with E-state index in [0.29, 0.717) is 11.4 Å². The number of benzene rings is 1. The highest BCUT2D eigenvalue weighted by atomic mass is 16.5. The molecule has 1 aliphatic heterocycles. The fourth-order valence-corrected chi connectivity index (χ4v) is 1.40. The van der Waals surface area contributed by atoms with Crippen molar-refractivity contribution in [2.24, 2.45) is 16.5 Å². The van der Waals surface area contributed by atoms with Gasteiger partial charge >= 0.3 is 0 Å². The van der Waals surface area contributed by atoms with Crippen molar-refractivity contribution in [1.82, 2.24) is 0 Å². The lowest BCUT2D eigenvalue weighted by Crippen LogP contribution is -2.26. The van der Waals surface area contributed by atoms with Crippen molar-refractivity contribution in [2.75, 3.05) is 11.9 Å². The predicted molar refractivity (Wildman–Crippen MR) is 60.7 cm³/mol. The number of guanidine groups is 1. The van der Waals surface area contributed by atoms with Gasteiger partial charge < -0.3 is 21.5 Å². The number of nitrogens with zero attached hydrogens (tertiary/aromatic N) is 1. The molecule has 0 atom stereocenters. The predicted octanol–water partition coefficient (Wildman–Crippen LogP) is -0.569. The van der Waals surface area contributed by atoms with Crippen molar-refractivity contribution in [3.05, 3.63) is 23.8 Å². The number of hydrogen-bond acceptors (Lipinski definition) is 3. The SMILES string of the molecule is NC(N)=NC(=O)c1ccc2c(c1)NC(=O)CO2. The van der Waals surface area contributed by atoms with Gasteiger partial charge in [0.05, 0.1) is 5.69 Å². The number of aliphatic imine (C=N–C) groups is 1. The van der Waals surface area contributed by atoms with E-state index >= 15 is 0 Å². The Hall–Kier alpha value is -2.57. The van der Waals surface area contributed by atoms with Crippen LogP contribution in [0.25, 0.3) is 0 Å². The monoisotopic (exact) mass is 234 g/mol. The van der Waals surface area contributed by atoms with Gasteiger partial charge in [-0.1, -0.05) is 0 Å². The van der Waals surface area contributed by atoms with Gasteiger partial charge in [0, 0.05) is 5.56 Å². The van der Waals surface area contributed by atoms with Gasteiger partial charge in [0.1, 0.15) is 5.75 Å². The van der Waals surface area contributed by atoms with Crippen LogP contribution in [0.5, 0.6) is 5.75 Å². The smallest absolute Gasteiger partial charge is 0.280 e. The molecule has 5 N–H and O–H groups in total. The highest BCUT2D eigenvalue weighted by Gasteiger charge is 2.17. The molecule has 7 heteroatoms. The van der Waals surface area contributed by atoms with Crippen molar-refractivity contribution in [3.63, 3.8) is 0 Å². The third-order valence-electron chi connectivity index (χ3n) is 2.09. The molecule has 7 nitrogen and oxygen atoms in total. The van der Waals surface area contributed by atoms with Crippen molar-refractivity contribution >= 4 is 23.5 Å². The number of carbonyl (C=O) groups excluding carboxylic acids is 2. The molecule has 0 aromatic heterocycles. The van der Waals surface area contributed by atoms with E-state index in [0.717, 1.165) is 0 Å². The van der Waals surface area contributed by atoms with E-state index in [1.807, 2.05) is 0 Å². The number of amides is 2. The van der Waals surface area contributed by atoms with E-state index in [2.05, 4.69) is 10.3 Å². The molecule has 0 unspecified atom stereocenters. The molecule has 0 bridgehead atoms. The van der Waals surface area contributed by atoms with Gasteiger partial charge in [-0.15, -0.1) is 0 Å². The molecule has 0 saturated carbocycles. The first kappa shape index (κ1) is 10.9. The molecule has 0 radical (unpaired) electrons. The normalized spacial score (nSPS) is 13.1. The van der Waals surface area contributed by atoms with Crippen LogP contribution in [0.2, 0.25) is 0 Å². The van der Waals surface area contributed by atoms with Gasteiger partial charge in [0.2, 0.25) is 0 Å². The molecule has 0 saturated heterocycles. The lowest BCUT2D eigenvalue weighted by molar-refractivity contribution is -0.118. The molecule has 1 heterocycles. The van der Waals surface area contributed by atoms with Gasteiger partial charge in [-0.2, -0.15) is 4.99 Å². The molecule has 1 aliphatic rings. The number of rotatable bonds is 1. The number of anilines is 1. The first-order valence-corrected chi connectivity index (χ1v) is 4.77. The van der Waals surface area contributed by atoms with Crippen molar-refractivity contribution < 1.29 is 14.3 Å². The Kier molecular flexibility index (Phi) is 2.65. The zero-order valence-corrected chi connectivity index (χ0v) is 8.77. The molecule has 17 heavy (non-hydrogen) atoms. The van der Waals surface area contributed by atoms with Crippen LogP contribution in [-0.2, 0) is 4.79 Å². The summed E-state index contributed by atoms with van der Waals surface area (Å²) in [6.45, 7) is -0.0335. The molecule has 88 valence electrons. The molecular formula is C10H10N4O3. The summed E-state index contributed by atoms with van der Waals surface area (Å²) in [7, 11) is 0. The maximum atomic E-state index is 11.5. The first-order valence-electron chi connectivity index (χ1n) is 4.77. The highest BCUT2D eigenvalue weighted by molar-refractivity contribution is 6.04. The largest absolute Gasteiger partial charge is 0.482 e. The van der Waals surface area contributed by atoms with Crippen LogP contribution < -0.4 is 21.5 Å². The summed E-state index contributed by atoms with van der Waals surface area (Å²) in [6, 6.07) is 4.55. The standard InChI is InChI=1S/C10H10N4O3/c11-10(12)14-9(16)5-1-2-7-6(3-5)13-8(15)4-17-7/h1-3H,4H2,(H,13,15)(H4,11,12,14,16). The number of nitrogens with two attached hydrogens (primary N) is 2. The molecule has 1 aromatic rings. The van der Waals surface area contributed by atoms with Gasteiger partial charge in [0.15, 0.2) is 12.6 Å². The second kappa shape index (κ2) is 4.12. The number of carbonyl (C=O) groups is 2. The summed E-state index contributed by atoms with van der Waals surface area (Å²) in [6.07, 6.45) is 0. The van der Waals surface area contributed by atoms with Crippen LogP contribution in [0.3, 0.4) is 0 Å². The molecule has 1 aromatic carbocycles. The summed E-state index contributed by atoms with van der Waals surface area (Å²) in [4.78, 5) is 26.0. The van der Waals surface area contributed by atoms with E-state index in [4.69, 9.17) is 16.2 Å². The van der Waals surface area contributed by atoms with Gasteiger partial charge in [-0.3, -0.25) is 9.59 Å². The minimum Gasteiger partial charge on any atom is -0.482 e. The molecule has 0 aliphatic carbocycles. The first-order chi connectivity index (χ1) is 8.06. The fourth-order valence-electron chi connectivity index (χ4n) is 1.40. The molecular weight excluding hydrogens is 224 g/mol. The van der Waals surface area contributed by atoms with E-state index in [-0.39, 0.29) is 24.0 Å². The number of ether oxygens (including phenoxy) is 1. The molecule has 0 spiro atoms. The Bertz CT molecular complexity index is 520. The zero-order chi connectivity index (χ0) is 12.4. The highest BCUT2D eigenvalue weighted by Crippen LogP contribution is 2.28. The topological polar surface area (TPSA) is 120 Å². The van der Waals surface area contributed by atoms with Crippen LogP contribution in [0.15, 0.2) is 23.2 Å². The molecule has 2 amide bonds. The van der Waals surface area contributed by atoms with Crippen molar-refractivity contribution in [1.29, 1.82) is 0 Å². The summed E-state index contributed by atoms with van der Waals surface area (Å²) >= 11 is 0. The van der Waals surface area contributed by atoms with Crippen LogP contribution >= 0.6 is 0 Å². The molecule has 2 rings (SSSR count). The Balaban J connectivity index is 2.33. The van der Waals surface area contributed by atoms with Crippen molar-refractivity contribution in [3.8, 4) is 5.75 Å². The van der Waals surface area contributed by atoms with Crippen LogP contribution in [0.4, 0.5) is 5.69 Å². The zero-order valence-electron chi connectivity index (χ0n) is 8.77. The van der Waals surface area contributed by atoms with Crippen molar-refractivity contribution in [2.45, 2.75) is 0 Å². The summed E-state index contributed by atoms with van der Waals surface area (Å²) in [5.41, 5.74) is 10.9.